The summed E-state index contributed by atoms with van der Waals surface area (Å²) in [5, 5.41) is 4.07. The first kappa shape index (κ1) is 15.5. The van der Waals surface area contributed by atoms with Crippen molar-refractivity contribution in [3.63, 3.8) is 0 Å². The van der Waals surface area contributed by atoms with Crippen molar-refractivity contribution in [2.24, 2.45) is 0 Å². The van der Waals surface area contributed by atoms with Crippen LogP contribution in [0.2, 0.25) is 5.02 Å². The molecule has 0 aliphatic rings. The van der Waals surface area contributed by atoms with E-state index in [9.17, 15) is 0 Å². The maximum atomic E-state index is 6.03. The van der Waals surface area contributed by atoms with E-state index in [1.54, 1.807) is 14.2 Å². The second kappa shape index (κ2) is 7.23. The van der Waals surface area contributed by atoms with Crippen molar-refractivity contribution in [2.75, 3.05) is 19.5 Å². The van der Waals surface area contributed by atoms with Gasteiger partial charge in [0.05, 0.1) is 19.2 Å². The van der Waals surface area contributed by atoms with Crippen LogP contribution in [0.3, 0.4) is 0 Å². The van der Waals surface area contributed by atoms with Crippen molar-refractivity contribution in [3.05, 3.63) is 53.1 Å². The molecule has 0 fully saturated rings. The third-order valence-corrected chi connectivity index (χ3v) is 3.58. The summed E-state index contributed by atoms with van der Waals surface area (Å²) in [5.74, 6) is 1.56. The highest BCUT2D eigenvalue weighted by atomic mass is 35.5. The van der Waals surface area contributed by atoms with E-state index in [0.29, 0.717) is 16.8 Å². The number of nitrogens with one attached hydrogen (secondary N) is 1. The second-order valence-electron chi connectivity index (χ2n) is 4.95. The Kier molecular flexibility index (Phi) is 5.34. The van der Waals surface area contributed by atoms with Gasteiger partial charge in [0.1, 0.15) is 11.5 Å². The Morgan fingerprint density at radius 1 is 1.05 bits per heavy atom. The van der Waals surface area contributed by atoms with Crippen LogP contribution < -0.4 is 14.8 Å². The zero-order chi connectivity index (χ0) is 15.2. The van der Waals surface area contributed by atoms with Gasteiger partial charge in [-0.2, -0.15) is 0 Å². The molecule has 112 valence electrons. The monoisotopic (exact) mass is 305 g/mol. The van der Waals surface area contributed by atoms with Gasteiger partial charge in [-0.1, -0.05) is 23.7 Å². The number of anilines is 1. The minimum absolute atomic E-state index is 0.296. The summed E-state index contributed by atoms with van der Waals surface area (Å²) in [5.41, 5.74) is 2.26. The van der Waals surface area contributed by atoms with Crippen LogP contribution in [0.1, 0.15) is 12.5 Å². The maximum absolute atomic E-state index is 6.03. The van der Waals surface area contributed by atoms with Gasteiger partial charge in [-0.15, -0.1) is 0 Å². The number of halogens is 1. The normalized spacial score (nSPS) is 11.8. The predicted octanol–water partition coefficient (Wildman–Crippen LogP) is 4.40. The fraction of sp³-hybridized carbons (Fsp3) is 0.294. The molecule has 2 aromatic rings. The molecule has 1 N–H and O–H groups in total. The summed E-state index contributed by atoms with van der Waals surface area (Å²) >= 11 is 6.03. The summed E-state index contributed by atoms with van der Waals surface area (Å²) in [6.07, 6.45) is 0.926. The molecule has 0 bridgehead atoms. The molecule has 3 nitrogen and oxygen atoms in total. The molecule has 2 aromatic carbocycles. The Morgan fingerprint density at radius 2 is 1.76 bits per heavy atom. The van der Waals surface area contributed by atoms with E-state index in [1.807, 2.05) is 30.3 Å². The van der Waals surface area contributed by atoms with E-state index in [4.69, 9.17) is 21.1 Å². The van der Waals surface area contributed by atoms with Crippen LogP contribution in [0.15, 0.2) is 42.5 Å². The quantitative estimate of drug-likeness (QED) is 0.858. The zero-order valence-electron chi connectivity index (χ0n) is 12.5. The molecule has 0 amide bonds. The van der Waals surface area contributed by atoms with Gasteiger partial charge in [-0.25, -0.2) is 0 Å². The van der Waals surface area contributed by atoms with Crippen molar-refractivity contribution >= 4 is 17.3 Å². The number of hydrogen-bond donors (Lipinski definition) is 1. The first-order valence-corrected chi connectivity index (χ1v) is 7.23. The number of methoxy groups -OCH3 is 2. The summed E-state index contributed by atoms with van der Waals surface area (Å²) in [6, 6.07) is 14.1. The van der Waals surface area contributed by atoms with Crippen molar-refractivity contribution < 1.29 is 9.47 Å². The zero-order valence-corrected chi connectivity index (χ0v) is 13.3. The van der Waals surface area contributed by atoms with Crippen molar-refractivity contribution in [1.29, 1.82) is 0 Å². The summed E-state index contributed by atoms with van der Waals surface area (Å²) in [7, 11) is 3.29. The lowest BCUT2D eigenvalue weighted by Gasteiger charge is -2.16. The van der Waals surface area contributed by atoms with Gasteiger partial charge >= 0.3 is 0 Å². The van der Waals surface area contributed by atoms with Gasteiger partial charge in [0.25, 0.3) is 0 Å². The Labute approximate surface area is 130 Å². The van der Waals surface area contributed by atoms with Crippen LogP contribution in [0.4, 0.5) is 5.69 Å². The topological polar surface area (TPSA) is 30.5 Å². The van der Waals surface area contributed by atoms with E-state index in [2.05, 4.69) is 24.4 Å². The van der Waals surface area contributed by atoms with Crippen molar-refractivity contribution in [2.45, 2.75) is 19.4 Å². The Morgan fingerprint density at radius 3 is 2.38 bits per heavy atom. The van der Waals surface area contributed by atoms with Crippen LogP contribution in [0.25, 0.3) is 0 Å². The van der Waals surface area contributed by atoms with Gasteiger partial charge in [0.2, 0.25) is 0 Å². The highest BCUT2D eigenvalue weighted by Gasteiger charge is 2.07. The SMILES string of the molecule is COc1ccc(CC(C)Nc2ccc(Cl)c(OC)c2)cc1. The fourth-order valence-electron chi connectivity index (χ4n) is 2.20. The largest absolute Gasteiger partial charge is 0.497 e. The lowest BCUT2D eigenvalue weighted by molar-refractivity contribution is 0.414. The molecule has 0 spiro atoms. The molecule has 0 heterocycles. The number of benzene rings is 2. The Bertz CT molecular complexity index is 584. The van der Waals surface area contributed by atoms with Gasteiger partial charge in [-0.3, -0.25) is 0 Å². The van der Waals surface area contributed by atoms with E-state index >= 15 is 0 Å². The fourth-order valence-corrected chi connectivity index (χ4v) is 2.39. The molecule has 1 unspecified atom stereocenters. The Balaban J connectivity index is 1.98. The molecular weight excluding hydrogens is 286 g/mol. The molecule has 2 rings (SSSR count). The van der Waals surface area contributed by atoms with E-state index < -0.39 is 0 Å². The third kappa shape index (κ3) is 4.30. The van der Waals surface area contributed by atoms with Crippen LogP contribution in [-0.2, 0) is 6.42 Å². The van der Waals surface area contributed by atoms with Crippen LogP contribution in [0, 0.1) is 0 Å². The number of rotatable bonds is 6. The minimum atomic E-state index is 0.296. The van der Waals surface area contributed by atoms with E-state index in [1.165, 1.54) is 5.56 Å². The van der Waals surface area contributed by atoms with Gasteiger partial charge < -0.3 is 14.8 Å². The lowest BCUT2D eigenvalue weighted by Crippen LogP contribution is -2.18. The smallest absolute Gasteiger partial charge is 0.139 e. The molecule has 0 saturated carbocycles. The van der Waals surface area contributed by atoms with Crippen LogP contribution >= 0.6 is 11.6 Å². The van der Waals surface area contributed by atoms with Gasteiger partial charge in [0.15, 0.2) is 0 Å². The van der Waals surface area contributed by atoms with Crippen LogP contribution in [0.5, 0.6) is 11.5 Å². The first-order valence-electron chi connectivity index (χ1n) is 6.85. The molecule has 0 aliphatic heterocycles. The predicted molar refractivity (Wildman–Crippen MR) is 87.8 cm³/mol. The highest BCUT2D eigenvalue weighted by molar-refractivity contribution is 6.32. The summed E-state index contributed by atoms with van der Waals surface area (Å²) < 4.78 is 10.4. The van der Waals surface area contributed by atoms with E-state index in [-0.39, 0.29) is 0 Å². The molecule has 0 aliphatic carbocycles. The average molecular weight is 306 g/mol. The third-order valence-electron chi connectivity index (χ3n) is 3.27. The number of ether oxygens (including phenoxy) is 2. The standard InChI is InChI=1S/C17H20ClNO2/c1-12(10-13-4-7-15(20-2)8-5-13)19-14-6-9-16(18)17(11-14)21-3/h4-9,11-12,19H,10H2,1-3H3. The molecule has 1 atom stereocenters. The maximum Gasteiger partial charge on any atom is 0.139 e. The van der Waals surface area contributed by atoms with Crippen molar-refractivity contribution in [1.82, 2.24) is 0 Å². The van der Waals surface area contributed by atoms with Crippen molar-refractivity contribution in [3.8, 4) is 11.5 Å². The summed E-state index contributed by atoms with van der Waals surface area (Å²) in [6.45, 7) is 2.14. The molecule has 21 heavy (non-hydrogen) atoms. The second-order valence-corrected chi connectivity index (χ2v) is 5.35. The molecule has 0 aromatic heterocycles. The van der Waals surface area contributed by atoms with Crippen LogP contribution in [-0.4, -0.2) is 20.3 Å². The first-order chi connectivity index (χ1) is 10.1. The van der Waals surface area contributed by atoms with E-state index in [0.717, 1.165) is 17.9 Å². The van der Waals surface area contributed by atoms with Gasteiger partial charge in [0, 0.05) is 17.8 Å². The summed E-state index contributed by atoms with van der Waals surface area (Å²) in [4.78, 5) is 0. The van der Waals surface area contributed by atoms with Gasteiger partial charge in [-0.05, 0) is 43.2 Å². The lowest BCUT2D eigenvalue weighted by atomic mass is 10.1. The highest BCUT2D eigenvalue weighted by Crippen LogP contribution is 2.27. The minimum Gasteiger partial charge on any atom is -0.497 e. The molecular formula is C17H20ClNO2. The average Bonchev–Trinajstić information content (AvgIpc) is 2.50. The molecule has 4 heteroatoms. The molecule has 0 radical (unpaired) electrons. The number of hydrogen-bond acceptors (Lipinski definition) is 3. The Hall–Kier alpha value is -1.87. The molecule has 0 saturated heterocycles.